The van der Waals surface area contributed by atoms with Crippen molar-refractivity contribution < 1.29 is 0 Å². The van der Waals surface area contributed by atoms with Crippen molar-refractivity contribution in [1.82, 2.24) is 0 Å². The molecule has 0 atom stereocenters. The molecule has 0 radical (unpaired) electrons. The highest BCUT2D eigenvalue weighted by Gasteiger charge is 1.84. The van der Waals surface area contributed by atoms with Gasteiger partial charge in [-0.05, 0) is 17.4 Å². The minimum Gasteiger partial charge on any atom is -0.175 e. The molecule has 0 nitrogen and oxygen atoms in total. The molecule has 2 aromatic rings. The van der Waals surface area contributed by atoms with Crippen LogP contribution in [0.15, 0.2) is 60.7 Å². The number of rotatable bonds is 3. The van der Waals surface area contributed by atoms with Crippen LogP contribution in [0.25, 0.3) is 0 Å². The van der Waals surface area contributed by atoms with Gasteiger partial charge in [0.05, 0.1) is 0 Å². The zero-order valence-corrected chi connectivity index (χ0v) is 16.8. The highest BCUT2D eigenvalue weighted by Crippen LogP contribution is 2.06. The van der Waals surface area contributed by atoms with Gasteiger partial charge in [-0.1, -0.05) is 88.4 Å². The first-order chi connectivity index (χ1) is 10.4. The minimum atomic E-state index is 0. The summed E-state index contributed by atoms with van der Waals surface area (Å²) in [6.45, 7) is 8.00. The van der Waals surface area contributed by atoms with Crippen LogP contribution in [0.5, 0.6) is 0 Å². The van der Waals surface area contributed by atoms with Crippen molar-refractivity contribution in [2.45, 2.75) is 39.2 Å². The quantitative estimate of drug-likeness (QED) is 0.457. The van der Waals surface area contributed by atoms with Crippen LogP contribution in [-0.4, -0.2) is 6.26 Å². The topological polar surface area (TPSA) is 0 Å². The second kappa shape index (κ2) is 22.3. The fourth-order valence-corrected chi connectivity index (χ4v) is 2.06. The van der Waals surface area contributed by atoms with Crippen molar-refractivity contribution in [2.24, 2.45) is 0 Å². The molecular weight excluding hydrogens is 304 g/mol. The Hall–Kier alpha value is -0.990. The van der Waals surface area contributed by atoms with Crippen molar-refractivity contribution in [1.29, 1.82) is 0 Å². The maximum absolute atomic E-state index is 4.11. The van der Waals surface area contributed by atoms with Gasteiger partial charge in [0.2, 0.25) is 0 Å². The minimum absolute atomic E-state index is 0. The predicted octanol–water partition coefficient (Wildman–Crippen LogP) is 7.17. The molecule has 0 aliphatic rings. The molecule has 0 saturated heterocycles. The predicted molar refractivity (Wildman–Crippen MR) is 112 cm³/mol. The molecule has 0 amide bonds. The van der Waals surface area contributed by atoms with E-state index in [4.69, 9.17) is 0 Å². The summed E-state index contributed by atoms with van der Waals surface area (Å²) in [5.41, 5.74) is 2.68. The normalized spacial score (nSPS) is 7.73. The molecule has 0 fully saturated rings. The summed E-state index contributed by atoms with van der Waals surface area (Å²) in [6, 6.07) is 20.7. The molecule has 124 valence electrons. The lowest BCUT2D eigenvalue weighted by Crippen LogP contribution is -1.74. The van der Waals surface area contributed by atoms with Crippen molar-refractivity contribution in [3.8, 4) is 0 Å². The standard InChI is InChI=1S/C8H10S.C7H8S.2C2H6.CH3/c1-9-7-8-5-3-2-4-6-8;8-6-7-4-2-1-3-5-7;2*1-2;/h2-6H,7H2,1H3;1-5,8H,6H2;2*1-2H3;1H3/q;;;;+1. The third-order valence-electron chi connectivity index (χ3n) is 2.18. The van der Waals surface area contributed by atoms with Crippen LogP contribution in [-0.2, 0) is 11.5 Å². The van der Waals surface area contributed by atoms with E-state index in [1.54, 1.807) is 0 Å². The van der Waals surface area contributed by atoms with Crippen molar-refractivity contribution in [2.75, 3.05) is 6.26 Å². The Morgan fingerprint density at radius 2 is 1.09 bits per heavy atom. The Morgan fingerprint density at radius 3 is 1.36 bits per heavy atom. The molecule has 0 bridgehead atoms. The highest BCUT2D eigenvalue weighted by molar-refractivity contribution is 7.97. The molecular formula is C20H33S2+. The summed E-state index contributed by atoms with van der Waals surface area (Å²) < 4.78 is 0. The molecule has 0 N–H and O–H groups in total. The van der Waals surface area contributed by atoms with Gasteiger partial charge in [0.15, 0.2) is 0 Å². The largest absolute Gasteiger partial charge is 0.175 e. The van der Waals surface area contributed by atoms with Gasteiger partial charge in [0.1, 0.15) is 0 Å². The summed E-state index contributed by atoms with van der Waals surface area (Å²) in [5.74, 6) is 1.96. The van der Waals surface area contributed by atoms with Crippen LogP contribution >= 0.6 is 24.4 Å². The number of hydrogen-bond donors (Lipinski definition) is 1. The van der Waals surface area contributed by atoms with Gasteiger partial charge < -0.3 is 0 Å². The van der Waals surface area contributed by atoms with Crippen LogP contribution in [0.1, 0.15) is 38.8 Å². The summed E-state index contributed by atoms with van der Waals surface area (Å²) in [4.78, 5) is 0. The van der Waals surface area contributed by atoms with Gasteiger partial charge in [-0.3, -0.25) is 0 Å². The molecule has 0 spiro atoms. The fraction of sp³-hybridized carbons (Fsp3) is 0.350. The number of thiol groups is 1. The lowest BCUT2D eigenvalue weighted by atomic mass is 10.2. The Labute approximate surface area is 149 Å². The van der Waals surface area contributed by atoms with Gasteiger partial charge in [-0.15, -0.1) is 0 Å². The van der Waals surface area contributed by atoms with E-state index in [1.165, 1.54) is 11.1 Å². The molecule has 2 rings (SSSR count). The lowest BCUT2D eigenvalue weighted by Gasteiger charge is -1.93. The molecule has 0 unspecified atom stereocenters. The molecule has 0 saturated carbocycles. The summed E-state index contributed by atoms with van der Waals surface area (Å²) in [7, 11) is 0. The van der Waals surface area contributed by atoms with E-state index in [2.05, 4.69) is 55.3 Å². The summed E-state index contributed by atoms with van der Waals surface area (Å²) in [6.07, 6.45) is 2.12. The number of hydrogen-bond acceptors (Lipinski definition) is 2. The maximum atomic E-state index is 4.11. The van der Waals surface area contributed by atoms with Crippen LogP contribution in [0.3, 0.4) is 0 Å². The third kappa shape index (κ3) is 15.4. The Morgan fingerprint density at radius 1 is 0.727 bits per heavy atom. The molecule has 0 aliphatic carbocycles. The third-order valence-corrected chi connectivity index (χ3v) is 3.17. The Bertz CT molecular complexity index is 385. The number of benzene rings is 2. The van der Waals surface area contributed by atoms with Gasteiger partial charge in [-0.2, -0.15) is 24.4 Å². The van der Waals surface area contributed by atoms with E-state index in [-0.39, 0.29) is 7.43 Å². The lowest BCUT2D eigenvalue weighted by molar-refractivity contribution is 1.42. The van der Waals surface area contributed by atoms with Crippen LogP contribution in [0, 0.1) is 7.43 Å². The van der Waals surface area contributed by atoms with Crippen molar-refractivity contribution in [3.63, 3.8) is 0 Å². The van der Waals surface area contributed by atoms with Gasteiger partial charge in [-0.25, -0.2) is 0 Å². The van der Waals surface area contributed by atoms with E-state index >= 15 is 0 Å². The molecule has 22 heavy (non-hydrogen) atoms. The highest BCUT2D eigenvalue weighted by atomic mass is 32.2. The van der Waals surface area contributed by atoms with Crippen LogP contribution in [0.4, 0.5) is 0 Å². The van der Waals surface area contributed by atoms with E-state index in [1.807, 2.05) is 63.7 Å². The first-order valence-corrected chi connectivity index (χ1v) is 9.57. The molecule has 0 aromatic heterocycles. The molecule has 2 heteroatoms. The second-order valence-corrected chi connectivity index (χ2v) is 4.74. The summed E-state index contributed by atoms with van der Waals surface area (Å²) in [5, 5.41) is 0. The Balaban J connectivity index is -0.000000259. The monoisotopic (exact) mass is 337 g/mol. The van der Waals surface area contributed by atoms with E-state index in [9.17, 15) is 0 Å². The van der Waals surface area contributed by atoms with E-state index in [0.29, 0.717) is 0 Å². The van der Waals surface area contributed by atoms with Gasteiger partial charge in [0.25, 0.3) is 0 Å². The average molecular weight is 338 g/mol. The SMILES string of the molecule is CC.CC.CSCc1ccccc1.SCc1ccccc1.[CH3+]. The molecule has 2 aromatic carbocycles. The zero-order valence-electron chi connectivity index (χ0n) is 15.0. The first-order valence-electron chi connectivity index (χ1n) is 7.54. The van der Waals surface area contributed by atoms with E-state index < -0.39 is 0 Å². The molecule has 0 aliphatic heterocycles. The number of thioether (sulfide) groups is 1. The van der Waals surface area contributed by atoms with Crippen molar-refractivity contribution in [3.05, 3.63) is 79.2 Å². The zero-order chi connectivity index (χ0) is 16.3. The van der Waals surface area contributed by atoms with E-state index in [0.717, 1.165) is 11.5 Å². The van der Waals surface area contributed by atoms with Crippen LogP contribution in [0.2, 0.25) is 0 Å². The molecule has 0 heterocycles. The first kappa shape index (κ1) is 25.9. The van der Waals surface area contributed by atoms with Gasteiger partial charge >= 0.3 is 0 Å². The second-order valence-electron chi connectivity index (χ2n) is 3.56. The smallest absolute Gasteiger partial charge is 0.0467 e. The average Bonchev–Trinajstić information content (AvgIpc) is 2.61. The fourth-order valence-electron chi connectivity index (χ4n) is 1.32. The Kier molecular flexibility index (Phi) is 26.3. The van der Waals surface area contributed by atoms with Gasteiger partial charge in [0, 0.05) is 18.9 Å². The maximum Gasteiger partial charge on any atom is 0.0467 e. The van der Waals surface area contributed by atoms with Crippen molar-refractivity contribution >= 4 is 24.4 Å². The van der Waals surface area contributed by atoms with Crippen LogP contribution < -0.4 is 0 Å². The summed E-state index contributed by atoms with van der Waals surface area (Å²) >= 11 is 5.96.